The van der Waals surface area contributed by atoms with E-state index in [1.165, 1.54) is 25.9 Å². The van der Waals surface area contributed by atoms with Crippen molar-refractivity contribution in [1.82, 2.24) is 15.1 Å². The molecule has 2 fully saturated rings. The molecule has 2 rings (SSSR count). The standard InChI is InChI=1S/C17H34N4O2S/c1-5-15(20-9-7-8-10-20)13-19-16(18-6-2)21-11-12-24(22,23)17(3,4)14-21/h15H,5-14H2,1-4H3,(H,18,19). The summed E-state index contributed by atoms with van der Waals surface area (Å²) in [6.45, 7) is 12.9. The average molecular weight is 359 g/mol. The molecule has 1 N–H and O–H groups in total. The Balaban J connectivity index is 2.07. The van der Waals surface area contributed by atoms with Crippen LogP contribution in [0.3, 0.4) is 0 Å². The monoisotopic (exact) mass is 358 g/mol. The summed E-state index contributed by atoms with van der Waals surface area (Å²) >= 11 is 0. The molecule has 2 heterocycles. The van der Waals surface area contributed by atoms with Crippen molar-refractivity contribution < 1.29 is 8.42 Å². The molecular formula is C17H34N4O2S. The summed E-state index contributed by atoms with van der Waals surface area (Å²) in [5, 5.41) is 3.35. The Bertz CT molecular complexity index is 539. The molecule has 0 spiro atoms. The van der Waals surface area contributed by atoms with Gasteiger partial charge in [0, 0.05) is 25.7 Å². The second-order valence-electron chi connectivity index (χ2n) is 7.50. The Morgan fingerprint density at radius 3 is 2.42 bits per heavy atom. The van der Waals surface area contributed by atoms with Gasteiger partial charge in [0.2, 0.25) is 0 Å². The van der Waals surface area contributed by atoms with E-state index in [-0.39, 0.29) is 5.75 Å². The molecule has 7 heteroatoms. The minimum Gasteiger partial charge on any atom is -0.357 e. The predicted molar refractivity (Wildman–Crippen MR) is 100 cm³/mol. The van der Waals surface area contributed by atoms with Crippen LogP contribution in [0.5, 0.6) is 0 Å². The zero-order valence-corrected chi connectivity index (χ0v) is 16.5. The summed E-state index contributed by atoms with van der Waals surface area (Å²) in [4.78, 5) is 9.51. The number of hydrogen-bond acceptors (Lipinski definition) is 4. The highest BCUT2D eigenvalue weighted by Crippen LogP contribution is 2.24. The average Bonchev–Trinajstić information content (AvgIpc) is 3.04. The maximum absolute atomic E-state index is 12.2. The number of sulfone groups is 1. The van der Waals surface area contributed by atoms with E-state index < -0.39 is 14.6 Å². The molecule has 24 heavy (non-hydrogen) atoms. The van der Waals surface area contributed by atoms with Gasteiger partial charge in [-0.25, -0.2) is 8.42 Å². The molecule has 0 radical (unpaired) electrons. The lowest BCUT2D eigenvalue weighted by Crippen LogP contribution is -2.57. The summed E-state index contributed by atoms with van der Waals surface area (Å²) in [5.41, 5.74) is 0. The molecule has 2 saturated heterocycles. The lowest BCUT2D eigenvalue weighted by molar-refractivity contribution is 0.241. The second kappa shape index (κ2) is 8.04. The minimum absolute atomic E-state index is 0.202. The number of nitrogens with zero attached hydrogens (tertiary/aromatic N) is 3. The fourth-order valence-electron chi connectivity index (χ4n) is 3.55. The van der Waals surface area contributed by atoms with Gasteiger partial charge in [-0.05, 0) is 53.1 Å². The Morgan fingerprint density at radius 2 is 1.88 bits per heavy atom. The first-order valence-electron chi connectivity index (χ1n) is 9.30. The van der Waals surface area contributed by atoms with E-state index in [4.69, 9.17) is 4.99 Å². The lowest BCUT2D eigenvalue weighted by atomic mass is 10.2. The summed E-state index contributed by atoms with van der Waals surface area (Å²) in [5.74, 6) is 1.06. The van der Waals surface area contributed by atoms with Crippen LogP contribution in [-0.2, 0) is 9.84 Å². The molecule has 0 aromatic carbocycles. The van der Waals surface area contributed by atoms with E-state index in [1.807, 2.05) is 13.8 Å². The smallest absolute Gasteiger partial charge is 0.194 e. The highest BCUT2D eigenvalue weighted by atomic mass is 32.2. The van der Waals surface area contributed by atoms with Crippen LogP contribution in [0, 0.1) is 0 Å². The SMILES string of the molecule is CCNC(=NCC(CC)N1CCCC1)N1CCS(=O)(=O)C(C)(C)C1. The zero-order valence-electron chi connectivity index (χ0n) is 15.7. The third-order valence-electron chi connectivity index (χ3n) is 5.26. The Labute approximate surface area is 147 Å². The van der Waals surface area contributed by atoms with Crippen molar-refractivity contribution in [2.24, 2.45) is 4.99 Å². The first kappa shape index (κ1) is 19.5. The molecule has 0 aliphatic carbocycles. The molecule has 2 aliphatic heterocycles. The normalized spacial score (nSPS) is 25.7. The van der Waals surface area contributed by atoms with Gasteiger partial charge in [0.1, 0.15) is 0 Å². The third-order valence-corrected chi connectivity index (χ3v) is 7.79. The summed E-state index contributed by atoms with van der Waals surface area (Å²) in [6.07, 6.45) is 3.68. The Morgan fingerprint density at radius 1 is 1.21 bits per heavy atom. The molecule has 2 aliphatic rings. The zero-order chi connectivity index (χ0) is 17.8. The van der Waals surface area contributed by atoms with Crippen molar-refractivity contribution in [3.05, 3.63) is 0 Å². The first-order valence-corrected chi connectivity index (χ1v) is 11.0. The van der Waals surface area contributed by atoms with Crippen LogP contribution in [0.15, 0.2) is 4.99 Å². The number of hydrogen-bond donors (Lipinski definition) is 1. The van der Waals surface area contributed by atoms with Crippen LogP contribution in [0.25, 0.3) is 0 Å². The van der Waals surface area contributed by atoms with E-state index in [2.05, 4.69) is 29.0 Å². The van der Waals surface area contributed by atoms with Crippen molar-refractivity contribution in [3.8, 4) is 0 Å². The number of likely N-dealkylation sites (tertiary alicyclic amines) is 1. The van der Waals surface area contributed by atoms with E-state index in [0.717, 1.165) is 25.5 Å². The predicted octanol–water partition coefficient (Wildman–Crippen LogP) is 1.34. The van der Waals surface area contributed by atoms with Crippen LogP contribution in [0.2, 0.25) is 0 Å². The number of aliphatic imine (C=N–C) groups is 1. The summed E-state index contributed by atoms with van der Waals surface area (Å²) in [7, 11) is -3.02. The van der Waals surface area contributed by atoms with E-state index in [1.54, 1.807) is 0 Å². The molecule has 0 amide bonds. The van der Waals surface area contributed by atoms with Gasteiger partial charge in [0.15, 0.2) is 15.8 Å². The molecule has 1 unspecified atom stereocenters. The third kappa shape index (κ3) is 4.42. The van der Waals surface area contributed by atoms with Gasteiger partial charge in [-0.15, -0.1) is 0 Å². The highest BCUT2D eigenvalue weighted by molar-refractivity contribution is 7.92. The Kier molecular flexibility index (Phi) is 6.53. The largest absolute Gasteiger partial charge is 0.357 e. The van der Waals surface area contributed by atoms with Gasteiger partial charge >= 0.3 is 0 Å². The van der Waals surface area contributed by atoms with Gasteiger partial charge in [0.05, 0.1) is 17.0 Å². The minimum atomic E-state index is -3.02. The van der Waals surface area contributed by atoms with Gasteiger partial charge in [-0.1, -0.05) is 6.92 Å². The number of rotatable bonds is 5. The second-order valence-corrected chi connectivity index (χ2v) is 10.2. The highest BCUT2D eigenvalue weighted by Gasteiger charge is 2.41. The molecule has 0 aromatic rings. The van der Waals surface area contributed by atoms with Crippen LogP contribution >= 0.6 is 0 Å². The Hall–Kier alpha value is -0.820. The van der Waals surface area contributed by atoms with Crippen LogP contribution < -0.4 is 5.32 Å². The fraction of sp³-hybridized carbons (Fsp3) is 0.941. The van der Waals surface area contributed by atoms with Crippen molar-refractivity contribution in [2.45, 2.75) is 57.7 Å². The maximum Gasteiger partial charge on any atom is 0.194 e. The number of guanidine groups is 1. The van der Waals surface area contributed by atoms with Crippen molar-refractivity contribution >= 4 is 15.8 Å². The summed E-state index contributed by atoms with van der Waals surface area (Å²) in [6, 6.07) is 0.489. The van der Waals surface area contributed by atoms with Gasteiger partial charge in [-0.3, -0.25) is 9.89 Å². The fourth-order valence-corrected chi connectivity index (χ4v) is 4.92. The van der Waals surface area contributed by atoms with Gasteiger partial charge in [-0.2, -0.15) is 0 Å². The van der Waals surface area contributed by atoms with Crippen LogP contribution in [0.1, 0.15) is 47.0 Å². The summed E-state index contributed by atoms with van der Waals surface area (Å²) < 4.78 is 23.7. The van der Waals surface area contributed by atoms with Crippen LogP contribution in [-0.4, -0.2) is 80.0 Å². The van der Waals surface area contributed by atoms with Crippen molar-refractivity contribution in [3.63, 3.8) is 0 Å². The molecule has 1 atom stereocenters. The molecule has 0 saturated carbocycles. The molecule has 0 bridgehead atoms. The van der Waals surface area contributed by atoms with Crippen molar-refractivity contribution in [1.29, 1.82) is 0 Å². The van der Waals surface area contributed by atoms with Gasteiger partial charge < -0.3 is 10.2 Å². The van der Waals surface area contributed by atoms with Gasteiger partial charge in [0.25, 0.3) is 0 Å². The molecule has 140 valence electrons. The first-order chi connectivity index (χ1) is 11.3. The molecular weight excluding hydrogens is 324 g/mol. The maximum atomic E-state index is 12.2. The van der Waals surface area contributed by atoms with E-state index in [9.17, 15) is 8.42 Å². The van der Waals surface area contributed by atoms with Crippen LogP contribution in [0.4, 0.5) is 0 Å². The quantitative estimate of drug-likeness (QED) is 0.593. The van der Waals surface area contributed by atoms with E-state index >= 15 is 0 Å². The number of nitrogens with one attached hydrogen (secondary N) is 1. The van der Waals surface area contributed by atoms with Crippen molar-refractivity contribution in [2.75, 3.05) is 45.0 Å². The molecule has 6 nitrogen and oxygen atoms in total. The van der Waals surface area contributed by atoms with E-state index in [0.29, 0.717) is 19.1 Å². The topological polar surface area (TPSA) is 65.0 Å². The lowest BCUT2D eigenvalue weighted by Gasteiger charge is -2.39. The molecule has 0 aromatic heterocycles.